The van der Waals surface area contributed by atoms with Crippen molar-refractivity contribution in [3.05, 3.63) is 0 Å². The second-order valence-corrected chi connectivity index (χ2v) is 3.60. The zero-order valence-electron chi connectivity index (χ0n) is 8.25. The molecule has 0 aliphatic carbocycles. The third-order valence-electron chi connectivity index (χ3n) is 2.14. The Morgan fingerprint density at radius 3 is 2.23 bits per heavy atom. The van der Waals surface area contributed by atoms with Crippen LogP contribution in [0, 0.1) is 0 Å². The van der Waals surface area contributed by atoms with Crippen LogP contribution >= 0.6 is 0 Å². The van der Waals surface area contributed by atoms with Crippen LogP contribution in [0.1, 0.15) is 19.3 Å². The van der Waals surface area contributed by atoms with Crippen LogP contribution in [0.5, 0.6) is 0 Å². The highest BCUT2D eigenvalue weighted by molar-refractivity contribution is 6.05. The molecule has 1 aliphatic heterocycles. The fraction of sp³-hybridized carbons (Fsp3) is 0.778. The molecule has 1 fully saturated rings. The number of carbonyl (C=O) groups is 2. The van der Waals surface area contributed by atoms with Gasteiger partial charge >= 0.3 is 11.8 Å². The second-order valence-electron chi connectivity index (χ2n) is 3.60. The van der Waals surface area contributed by atoms with Crippen molar-refractivity contribution in [3.8, 4) is 0 Å². The van der Waals surface area contributed by atoms with Gasteiger partial charge in [-0.25, -0.2) is 9.59 Å². The summed E-state index contributed by atoms with van der Waals surface area (Å²) in [6, 6.07) is 0. The van der Waals surface area contributed by atoms with Crippen LogP contribution in [0.25, 0.3) is 0 Å². The summed E-state index contributed by atoms with van der Waals surface area (Å²) in [6.45, 7) is 1.49. The number of likely N-dealkylation sites (tertiary alicyclic amines) is 1. The van der Waals surface area contributed by atoms with Crippen molar-refractivity contribution >= 4 is 11.8 Å². The molecular formula is C9H16N2O2+. The van der Waals surface area contributed by atoms with E-state index >= 15 is 0 Å². The molecule has 0 spiro atoms. The van der Waals surface area contributed by atoms with Crippen LogP contribution < -0.4 is 4.90 Å². The summed E-state index contributed by atoms with van der Waals surface area (Å²) in [4.78, 5) is 25.7. The van der Waals surface area contributed by atoms with Gasteiger partial charge in [-0.1, -0.05) is 0 Å². The lowest BCUT2D eigenvalue weighted by atomic mass is 10.4. The molecule has 2 amide bonds. The molecule has 0 bridgehead atoms. The Hall–Kier alpha value is -0.740. The molecule has 1 heterocycles. The van der Waals surface area contributed by atoms with Crippen LogP contribution in [0.4, 0.5) is 0 Å². The van der Waals surface area contributed by atoms with Gasteiger partial charge in [-0.2, -0.15) is 0 Å². The standard InChI is InChI=1S/C9H16N2O2/c1-10(2)6-3-7-11-8(12)4-5-9(11)13/h3-7H2,1-2H3/q+1. The summed E-state index contributed by atoms with van der Waals surface area (Å²) < 4.78 is 0. The van der Waals surface area contributed by atoms with Gasteiger partial charge in [0, 0.05) is 13.0 Å². The lowest BCUT2D eigenvalue weighted by molar-refractivity contribution is -0.131. The van der Waals surface area contributed by atoms with Crippen molar-refractivity contribution in [1.29, 1.82) is 0 Å². The lowest BCUT2D eigenvalue weighted by Gasteiger charge is -2.07. The molecule has 13 heavy (non-hydrogen) atoms. The number of nitrogens with zero attached hydrogens (tertiary/aromatic N) is 2. The van der Waals surface area contributed by atoms with Crippen LogP contribution in [-0.2, 0) is 9.59 Å². The van der Waals surface area contributed by atoms with Crippen molar-refractivity contribution in [2.24, 2.45) is 0 Å². The minimum Gasteiger partial charge on any atom is -0.309 e. The van der Waals surface area contributed by atoms with Crippen LogP contribution in [-0.4, -0.2) is 43.9 Å². The Balaban J connectivity index is 2.27. The Morgan fingerprint density at radius 2 is 1.77 bits per heavy atom. The topological polar surface area (TPSA) is 43.3 Å². The highest BCUT2D eigenvalue weighted by Crippen LogP contribution is 2.08. The lowest BCUT2D eigenvalue weighted by Crippen LogP contribution is -2.37. The number of carbonyl (C=O) groups excluding carboxylic acids is 2. The number of imide groups is 1. The van der Waals surface area contributed by atoms with Gasteiger partial charge in [0.1, 0.15) is 6.54 Å². The number of hydrogen-bond donors (Lipinski definition) is 0. The molecule has 0 saturated carbocycles. The minimum absolute atomic E-state index is 0.0104. The summed E-state index contributed by atoms with van der Waals surface area (Å²) in [6.07, 6.45) is 1.67. The van der Waals surface area contributed by atoms with E-state index in [0.29, 0.717) is 19.4 Å². The van der Waals surface area contributed by atoms with Crippen molar-refractivity contribution in [3.63, 3.8) is 0 Å². The second kappa shape index (κ2) is 4.48. The zero-order chi connectivity index (χ0) is 9.84. The van der Waals surface area contributed by atoms with E-state index in [1.54, 1.807) is 0 Å². The summed E-state index contributed by atoms with van der Waals surface area (Å²) in [7, 11) is 3.96. The summed E-state index contributed by atoms with van der Waals surface area (Å²) in [5.74, 6) is -0.0208. The predicted molar refractivity (Wildman–Crippen MR) is 49.4 cm³/mol. The molecule has 0 aromatic carbocycles. The Kier molecular flexibility index (Phi) is 3.57. The largest absolute Gasteiger partial charge is 0.369 e. The zero-order valence-corrected chi connectivity index (χ0v) is 8.25. The van der Waals surface area contributed by atoms with Crippen LogP contribution in [0.2, 0.25) is 0 Å². The first kappa shape index (κ1) is 10.3. The molecule has 4 nitrogen and oxygen atoms in total. The maximum absolute atomic E-state index is 11.2. The van der Waals surface area contributed by atoms with E-state index in [9.17, 15) is 9.59 Å². The number of amides is 2. The summed E-state index contributed by atoms with van der Waals surface area (Å²) in [5.41, 5.74) is 0. The van der Waals surface area contributed by atoms with Gasteiger partial charge in [0.2, 0.25) is 0 Å². The molecule has 1 saturated heterocycles. The Morgan fingerprint density at radius 1 is 1.23 bits per heavy atom. The molecule has 0 N–H and O–H groups in total. The van der Waals surface area contributed by atoms with E-state index in [1.807, 2.05) is 19.0 Å². The molecule has 0 aromatic heterocycles. The molecule has 0 atom stereocenters. The van der Waals surface area contributed by atoms with E-state index < -0.39 is 0 Å². The third-order valence-corrected chi connectivity index (χ3v) is 2.14. The first-order chi connectivity index (χ1) is 6.11. The van der Waals surface area contributed by atoms with Crippen molar-refractivity contribution in [2.45, 2.75) is 19.3 Å². The molecular weight excluding hydrogens is 168 g/mol. The molecule has 1 radical (unpaired) electrons. The van der Waals surface area contributed by atoms with E-state index in [4.69, 9.17) is 0 Å². The van der Waals surface area contributed by atoms with Gasteiger partial charge in [-0.05, 0) is 19.0 Å². The quantitative estimate of drug-likeness (QED) is 0.453. The van der Waals surface area contributed by atoms with Crippen molar-refractivity contribution in [1.82, 2.24) is 9.80 Å². The van der Waals surface area contributed by atoms with Gasteiger partial charge < -0.3 is 4.90 Å². The molecule has 73 valence electrons. The van der Waals surface area contributed by atoms with E-state index in [0.717, 1.165) is 13.0 Å². The van der Waals surface area contributed by atoms with Gasteiger partial charge in [0.15, 0.2) is 0 Å². The fourth-order valence-electron chi connectivity index (χ4n) is 1.42. The average Bonchev–Trinajstić information content (AvgIpc) is 2.34. The molecule has 0 unspecified atom stereocenters. The molecule has 4 heteroatoms. The average molecular weight is 184 g/mol. The maximum atomic E-state index is 11.2. The normalized spacial score (nSPS) is 19.0. The summed E-state index contributed by atoms with van der Waals surface area (Å²) >= 11 is 0. The van der Waals surface area contributed by atoms with E-state index in [2.05, 4.69) is 0 Å². The highest BCUT2D eigenvalue weighted by Gasteiger charge is 2.40. The maximum Gasteiger partial charge on any atom is 0.369 e. The third kappa shape index (κ3) is 2.90. The monoisotopic (exact) mass is 184 g/mol. The fourth-order valence-corrected chi connectivity index (χ4v) is 1.42. The Bertz CT molecular complexity index is 198. The highest BCUT2D eigenvalue weighted by atomic mass is 16.2. The van der Waals surface area contributed by atoms with Gasteiger partial charge in [0.25, 0.3) is 0 Å². The first-order valence-corrected chi connectivity index (χ1v) is 4.59. The van der Waals surface area contributed by atoms with Crippen LogP contribution in [0.15, 0.2) is 0 Å². The SMILES string of the molecule is CN(C)CCC[N+]1C(=O)CCC1=O. The predicted octanol–water partition coefficient (Wildman–Crippen LogP) is -0.0748. The van der Waals surface area contributed by atoms with Crippen molar-refractivity contribution < 1.29 is 9.59 Å². The summed E-state index contributed by atoms with van der Waals surface area (Å²) in [5, 5.41) is 0. The van der Waals surface area contributed by atoms with Gasteiger partial charge in [0.05, 0.1) is 12.8 Å². The number of hydrogen-bond acceptors (Lipinski definition) is 3. The minimum atomic E-state index is -0.0104. The van der Waals surface area contributed by atoms with E-state index in [-0.39, 0.29) is 11.8 Å². The van der Waals surface area contributed by atoms with Crippen molar-refractivity contribution in [2.75, 3.05) is 27.2 Å². The first-order valence-electron chi connectivity index (χ1n) is 4.59. The molecule has 1 aliphatic rings. The molecule has 1 rings (SSSR count). The van der Waals surface area contributed by atoms with Crippen LogP contribution in [0.3, 0.4) is 0 Å². The van der Waals surface area contributed by atoms with Gasteiger partial charge in [-0.15, -0.1) is 0 Å². The molecule has 0 aromatic rings. The number of rotatable bonds is 4. The van der Waals surface area contributed by atoms with Gasteiger partial charge in [-0.3, -0.25) is 0 Å². The smallest absolute Gasteiger partial charge is 0.309 e. The Labute approximate surface area is 78.5 Å². The van der Waals surface area contributed by atoms with E-state index in [1.165, 1.54) is 4.90 Å².